The van der Waals surface area contributed by atoms with Gasteiger partial charge in [-0.2, -0.15) is 0 Å². The number of carbonyl (C=O) groups excluding carboxylic acids is 1. The Labute approximate surface area is 147 Å². The molecule has 0 saturated carbocycles. The molecule has 5 nitrogen and oxygen atoms in total. The number of nitrogens with one attached hydrogen (secondary N) is 2. The minimum absolute atomic E-state index is 0.138. The zero-order valence-corrected chi connectivity index (χ0v) is 13.7. The summed E-state index contributed by atoms with van der Waals surface area (Å²) >= 11 is 5.83. The highest BCUT2D eigenvalue weighted by atomic mass is 35.5. The monoisotopic (exact) mass is 357 g/mol. The average Bonchev–Trinajstić information content (AvgIpc) is 2.59. The Kier molecular flexibility index (Phi) is 4.90. The maximum atomic E-state index is 12.8. The van der Waals surface area contributed by atoms with Gasteiger partial charge in [-0.3, -0.25) is 9.59 Å². The van der Waals surface area contributed by atoms with Gasteiger partial charge in [-0.25, -0.2) is 9.37 Å². The Balaban J connectivity index is 1.72. The number of nitrogens with zero attached hydrogens (tertiary/aromatic N) is 1. The van der Waals surface area contributed by atoms with Crippen molar-refractivity contribution in [2.24, 2.45) is 0 Å². The van der Waals surface area contributed by atoms with Gasteiger partial charge < -0.3 is 10.3 Å². The number of halogens is 2. The molecule has 7 heteroatoms. The summed E-state index contributed by atoms with van der Waals surface area (Å²) in [7, 11) is 0. The number of anilines is 1. The summed E-state index contributed by atoms with van der Waals surface area (Å²) < 4.78 is 12.8. The summed E-state index contributed by atoms with van der Waals surface area (Å²) in [5.74, 6) is -0.390. The van der Waals surface area contributed by atoms with Crippen LogP contribution in [0.3, 0.4) is 0 Å². The van der Waals surface area contributed by atoms with Crippen LogP contribution in [0.4, 0.5) is 10.1 Å². The van der Waals surface area contributed by atoms with Gasteiger partial charge in [0.15, 0.2) is 0 Å². The molecule has 0 aliphatic heterocycles. The molecule has 3 rings (SSSR count). The molecule has 2 aromatic carbocycles. The number of aromatic amines is 1. The first-order valence-electron chi connectivity index (χ1n) is 7.41. The first kappa shape index (κ1) is 16.9. The van der Waals surface area contributed by atoms with Crippen LogP contribution < -0.4 is 10.9 Å². The van der Waals surface area contributed by atoms with E-state index in [4.69, 9.17) is 11.6 Å². The normalized spacial score (nSPS) is 10.5. The van der Waals surface area contributed by atoms with E-state index in [1.54, 1.807) is 24.3 Å². The molecule has 1 heterocycles. The van der Waals surface area contributed by atoms with Crippen LogP contribution in [0.5, 0.6) is 0 Å². The zero-order chi connectivity index (χ0) is 17.8. The summed E-state index contributed by atoms with van der Waals surface area (Å²) in [5.41, 5.74) is 1.00. The third kappa shape index (κ3) is 4.30. The maximum absolute atomic E-state index is 12.8. The van der Waals surface area contributed by atoms with Gasteiger partial charge in [0.25, 0.3) is 5.56 Å². The smallest absolute Gasteiger partial charge is 0.254 e. The minimum Gasteiger partial charge on any atom is -0.326 e. The van der Waals surface area contributed by atoms with Gasteiger partial charge in [-0.1, -0.05) is 11.6 Å². The topological polar surface area (TPSA) is 74.8 Å². The first-order chi connectivity index (χ1) is 12.0. The molecule has 0 spiro atoms. The Hall–Kier alpha value is -2.99. The van der Waals surface area contributed by atoms with Gasteiger partial charge in [0, 0.05) is 28.0 Å². The van der Waals surface area contributed by atoms with Gasteiger partial charge in [0.05, 0.1) is 6.42 Å². The van der Waals surface area contributed by atoms with E-state index in [2.05, 4.69) is 15.3 Å². The highest BCUT2D eigenvalue weighted by Crippen LogP contribution is 2.17. The standard InChI is InChI=1S/C18H13ClFN3O2/c19-13-3-1-11(2-4-13)17-21-10-12(18(25)23-17)9-16(24)22-15-7-5-14(20)6-8-15/h1-8,10H,9H2,(H,22,24)(H,21,23,25). The van der Waals surface area contributed by atoms with Crippen LogP contribution in [0.2, 0.25) is 5.02 Å². The van der Waals surface area contributed by atoms with Crippen molar-refractivity contribution in [3.8, 4) is 11.4 Å². The molecule has 0 saturated heterocycles. The molecule has 3 aromatic rings. The summed E-state index contributed by atoms with van der Waals surface area (Å²) in [6, 6.07) is 12.2. The lowest BCUT2D eigenvalue weighted by Crippen LogP contribution is -2.22. The second kappa shape index (κ2) is 7.27. The van der Waals surface area contributed by atoms with Crippen LogP contribution in [-0.4, -0.2) is 15.9 Å². The third-order valence-electron chi connectivity index (χ3n) is 3.47. The number of rotatable bonds is 4. The highest BCUT2D eigenvalue weighted by Gasteiger charge is 2.10. The van der Waals surface area contributed by atoms with E-state index in [1.807, 2.05) is 0 Å². The van der Waals surface area contributed by atoms with Gasteiger partial charge in [-0.05, 0) is 48.5 Å². The van der Waals surface area contributed by atoms with Gasteiger partial charge in [0.1, 0.15) is 11.6 Å². The molecular formula is C18H13ClFN3O2. The second-order valence-corrected chi connectivity index (χ2v) is 5.76. The predicted octanol–water partition coefficient (Wildman–Crippen LogP) is 3.41. The molecule has 1 amide bonds. The number of amides is 1. The summed E-state index contributed by atoms with van der Waals surface area (Å²) in [6.07, 6.45) is 1.23. The Bertz CT molecular complexity index is 953. The number of aromatic nitrogens is 2. The van der Waals surface area contributed by atoms with Crippen molar-refractivity contribution in [3.05, 3.63) is 81.5 Å². The lowest BCUT2D eigenvalue weighted by Gasteiger charge is -2.06. The van der Waals surface area contributed by atoms with Crippen LogP contribution in [0.25, 0.3) is 11.4 Å². The van der Waals surface area contributed by atoms with Crippen molar-refractivity contribution in [2.75, 3.05) is 5.32 Å². The quantitative estimate of drug-likeness (QED) is 0.751. The molecule has 1 aromatic heterocycles. The number of hydrogen-bond acceptors (Lipinski definition) is 3. The fraction of sp³-hybridized carbons (Fsp3) is 0.0556. The van der Waals surface area contributed by atoms with Gasteiger partial charge >= 0.3 is 0 Å². The SMILES string of the molecule is O=C(Cc1cnc(-c2ccc(Cl)cc2)[nH]c1=O)Nc1ccc(F)cc1. The van der Waals surface area contributed by atoms with Crippen molar-refractivity contribution in [1.29, 1.82) is 0 Å². The molecule has 0 radical (unpaired) electrons. The summed E-state index contributed by atoms with van der Waals surface area (Å²) in [6.45, 7) is 0. The number of carbonyl (C=O) groups is 1. The van der Waals surface area contributed by atoms with Crippen LogP contribution in [0, 0.1) is 5.82 Å². The van der Waals surface area contributed by atoms with Crippen molar-refractivity contribution in [3.63, 3.8) is 0 Å². The largest absolute Gasteiger partial charge is 0.326 e. The number of benzene rings is 2. The van der Waals surface area contributed by atoms with E-state index in [9.17, 15) is 14.0 Å². The van der Waals surface area contributed by atoms with E-state index >= 15 is 0 Å². The zero-order valence-electron chi connectivity index (χ0n) is 12.9. The van der Waals surface area contributed by atoms with Crippen LogP contribution in [0.15, 0.2) is 59.5 Å². The molecule has 0 unspecified atom stereocenters. The van der Waals surface area contributed by atoms with Gasteiger partial charge in [-0.15, -0.1) is 0 Å². The van der Waals surface area contributed by atoms with E-state index in [0.29, 0.717) is 22.1 Å². The molecule has 25 heavy (non-hydrogen) atoms. The van der Waals surface area contributed by atoms with Crippen molar-refractivity contribution in [1.82, 2.24) is 9.97 Å². The molecule has 0 fully saturated rings. The molecule has 0 bridgehead atoms. The average molecular weight is 358 g/mol. The number of hydrogen-bond donors (Lipinski definition) is 2. The van der Waals surface area contributed by atoms with E-state index in [-0.39, 0.29) is 12.0 Å². The van der Waals surface area contributed by atoms with Crippen LogP contribution in [-0.2, 0) is 11.2 Å². The molecule has 0 aliphatic rings. The minimum atomic E-state index is -0.394. The van der Waals surface area contributed by atoms with E-state index in [0.717, 1.165) is 0 Å². The van der Waals surface area contributed by atoms with Crippen LogP contribution >= 0.6 is 11.6 Å². The van der Waals surface area contributed by atoms with Gasteiger partial charge in [0.2, 0.25) is 5.91 Å². The lowest BCUT2D eigenvalue weighted by atomic mass is 10.2. The summed E-state index contributed by atoms with van der Waals surface area (Å²) in [5, 5.41) is 3.18. The van der Waals surface area contributed by atoms with Crippen molar-refractivity contribution >= 4 is 23.2 Å². The molecule has 0 atom stereocenters. The predicted molar refractivity (Wildman–Crippen MR) is 94.0 cm³/mol. The fourth-order valence-corrected chi connectivity index (χ4v) is 2.34. The Morgan fingerprint density at radius 2 is 1.80 bits per heavy atom. The Morgan fingerprint density at radius 3 is 2.44 bits per heavy atom. The third-order valence-corrected chi connectivity index (χ3v) is 3.72. The van der Waals surface area contributed by atoms with Crippen molar-refractivity contribution in [2.45, 2.75) is 6.42 Å². The maximum Gasteiger partial charge on any atom is 0.254 e. The first-order valence-corrected chi connectivity index (χ1v) is 7.78. The molecule has 126 valence electrons. The highest BCUT2D eigenvalue weighted by molar-refractivity contribution is 6.30. The van der Waals surface area contributed by atoms with E-state index in [1.165, 1.54) is 30.5 Å². The van der Waals surface area contributed by atoms with E-state index < -0.39 is 17.3 Å². The Morgan fingerprint density at radius 1 is 1.12 bits per heavy atom. The lowest BCUT2D eigenvalue weighted by molar-refractivity contribution is -0.115. The fourth-order valence-electron chi connectivity index (χ4n) is 2.21. The van der Waals surface area contributed by atoms with Crippen LogP contribution in [0.1, 0.15) is 5.56 Å². The molecular weight excluding hydrogens is 345 g/mol. The van der Waals surface area contributed by atoms with Crippen molar-refractivity contribution < 1.29 is 9.18 Å². The molecule has 2 N–H and O–H groups in total. The number of H-pyrrole nitrogens is 1. The second-order valence-electron chi connectivity index (χ2n) is 5.32. The summed E-state index contributed by atoms with van der Waals surface area (Å²) in [4.78, 5) is 31.0. The molecule has 0 aliphatic carbocycles.